The largest absolute Gasteiger partial charge is 0.398 e. The third-order valence-electron chi connectivity index (χ3n) is 3.05. The number of rotatable bonds is 3. The van der Waals surface area contributed by atoms with E-state index in [1.807, 2.05) is 6.92 Å². The molecule has 2 N–H and O–H groups in total. The Labute approximate surface area is 111 Å². The topological polar surface area (TPSA) is 99.1 Å². The molecule has 0 saturated carbocycles. The van der Waals surface area contributed by atoms with Gasteiger partial charge >= 0.3 is 0 Å². The molecule has 7 heteroatoms. The van der Waals surface area contributed by atoms with E-state index < -0.39 is 15.1 Å². The molecule has 1 heterocycles. The van der Waals surface area contributed by atoms with Crippen molar-refractivity contribution >= 4 is 15.5 Å². The second-order valence-corrected chi connectivity index (χ2v) is 6.82. The molecule has 0 bridgehead atoms. The highest BCUT2D eigenvalue weighted by molar-refractivity contribution is 7.90. The SMILES string of the molecule is Cc1c(N)cccc1-c1nc(C(C)S(C)(=O)=O)no1. The lowest BCUT2D eigenvalue weighted by atomic mass is 10.1. The molecule has 0 radical (unpaired) electrons. The van der Waals surface area contributed by atoms with Gasteiger partial charge in [-0.1, -0.05) is 11.2 Å². The van der Waals surface area contributed by atoms with Crippen LogP contribution in [-0.4, -0.2) is 24.8 Å². The predicted octanol–water partition coefficient (Wildman–Crippen LogP) is 1.73. The molecule has 0 amide bonds. The number of benzene rings is 1. The molecule has 2 aromatic rings. The maximum atomic E-state index is 11.5. The number of aromatic nitrogens is 2. The van der Waals surface area contributed by atoms with Gasteiger partial charge in [0, 0.05) is 17.5 Å². The molecular formula is C12H15N3O3S. The highest BCUT2D eigenvalue weighted by atomic mass is 32.2. The molecule has 0 aliphatic heterocycles. The Hall–Kier alpha value is -1.89. The van der Waals surface area contributed by atoms with Crippen molar-refractivity contribution in [2.75, 3.05) is 12.0 Å². The summed E-state index contributed by atoms with van der Waals surface area (Å²) in [4.78, 5) is 4.14. The number of hydrogen-bond acceptors (Lipinski definition) is 6. The first-order valence-electron chi connectivity index (χ1n) is 5.68. The van der Waals surface area contributed by atoms with Crippen molar-refractivity contribution in [2.24, 2.45) is 0 Å². The summed E-state index contributed by atoms with van der Waals surface area (Å²) in [5, 5.41) is 2.92. The Morgan fingerprint density at radius 2 is 2.05 bits per heavy atom. The van der Waals surface area contributed by atoms with E-state index in [0.717, 1.165) is 11.8 Å². The average molecular weight is 281 g/mol. The number of hydrogen-bond donors (Lipinski definition) is 1. The molecule has 0 saturated heterocycles. The van der Waals surface area contributed by atoms with Gasteiger partial charge in [0.05, 0.1) is 0 Å². The summed E-state index contributed by atoms with van der Waals surface area (Å²) in [6.07, 6.45) is 1.14. The Kier molecular flexibility index (Phi) is 3.32. The lowest BCUT2D eigenvalue weighted by molar-refractivity contribution is 0.421. The molecule has 6 nitrogen and oxygen atoms in total. The fourth-order valence-corrected chi connectivity index (χ4v) is 2.06. The minimum Gasteiger partial charge on any atom is -0.398 e. The summed E-state index contributed by atoms with van der Waals surface area (Å²) in [6.45, 7) is 3.37. The Bertz CT molecular complexity index is 707. The second-order valence-electron chi connectivity index (χ2n) is 4.45. The van der Waals surface area contributed by atoms with Gasteiger partial charge in [-0.2, -0.15) is 4.98 Å². The summed E-state index contributed by atoms with van der Waals surface area (Å²) in [5.41, 5.74) is 7.96. The van der Waals surface area contributed by atoms with Crippen LogP contribution in [0.5, 0.6) is 0 Å². The van der Waals surface area contributed by atoms with E-state index in [1.165, 1.54) is 6.92 Å². The van der Waals surface area contributed by atoms with Crippen LogP contribution in [0.3, 0.4) is 0 Å². The second kappa shape index (κ2) is 4.65. The zero-order valence-electron chi connectivity index (χ0n) is 10.9. The smallest absolute Gasteiger partial charge is 0.258 e. The summed E-state index contributed by atoms with van der Waals surface area (Å²) in [7, 11) is -3.25. The molecule has 1 atom stereocenters. The molecule has 0 fully saturated rings. The first-order chi connectivity index (χ1) is 8.80. The van der Waals surface area contributed by atoms with Crippen molar-refractivity contribution in [3.05, 3.63) is 29.6 Å². The van der Waals surface area contributed by atoms with E-state index >= 15 is 0 Å². The third kappa shape index (κ3) is 2.60. The van der Waals surface area contributed by atoms with Crippen LogP contribution < -0.4 is 5.73 Å². The van der Waals surface area contributed by atoms with Crippen molar-refractivity contribution < 1.29 is 12.9 Å². The van der Waals surface area contributed by atoms with Gasteiger partial charge in [0.15, 0.2) is 15.7 Å². The van der Waals surface area contributed by atoms with Gasteiger partial charge in [-0.05, 0) is 31.5 Å². The summed E-state index contributed by atoms with van der Waals surface area (Å²) < 4.78 is 28.0. The van der Waals surface area contributed by atoms with E-state index in [9.17, 15) is 8.42 Å². The van der Waals surface area contributed by atoms with E-state index in [4.69, 9.17) is 10.3 Å². The van der Waals surface area contributed by atoms with Crippen molar-refractivity contribution in [1.29, 1.82) is 0 Å². The van der Waals surface area contributed by atoms with Crippen LogP contribution in [0, 0.1) is 6.92 Å². The number of nitrogens with zero attached hydrogens (tertiary/aromatic N) is 2. The maximum absolute atomic E-state index is 11.5. The lowest BCUT2D eigenvalue weighted by Gasteiger charge is -2.03. The fraction of sp³-hybridized carbons (Fsp3) is 0.333. The van der Waals surface area contributed by atoms with Crippen molar-refractivity contribution in [1.82, 2.24) is 10.1 Å². The Balaban J connectivity index is 2.45. The number of nitrogens with two attached hydrogens (primary N) is 1. The highest BCUT2D eigenvalue weighted by Crippen LogP contribution is 2.27. The molecule has 0 spiro atoms. The Morgan fingerprint density at radius 3 is 2.68 bits per heavy atom. The first-order valence-corrected chi connectivity index (χ1v) is 7.64. The Morgan fingerprint density at radius 1 is 1.37 bits per heavy atom. The van der Waals surface area contributed by atoms with Gasteiger partial charge in [0.1, 0.15) is 5.25 Å². The van der Waals surface area contributed by atoms with Gasteiger partial charge in [-0.25, -0.2) is 8.42 Å². The predicted molar refractivity (Wildman–Crippen MR) is 72.1 cm³/mol. The van der Waals surface area contributed by atoms with Crippen molar-refractivity contribution in [3.63, 3.8) is 0 Å². The highest BCUT2D eigenvalue weighted by Gasteiger charge is 2.24. The van der Waals surface area contributed by atoms with Crippen LogP contribution in [0.1, 0.15) is 23.6 Å². The molecule has 0 aliphatic carbocycles. The first kappa shape index (κ1) is 13.5. The van der Waals surface area contributed by atoms with Crippen LogP contribution in [0.2, 0.25) is 0 Å². The quantitative estimate of drug-likeness (QED) is 0.860. The lowest BCUT2D eigenvalue weighted by Crippen LogP contribution is -2.09. The summed E-state index contributed by atoms with van der Waals surface area (Å²) in [5.74, 6) is 0.426. The molecule has 1 aromatic heterocycles. The van der Waals surface area contributed by atoms with Crippen molar-refractivity contribution in [2.45, 2.75) is 19.1 Å². The van der Waals surface area contributed by atoms with Crippen LogP contribution in [0.4, 0.5) is 5.69 Å². The molecule has 1 unspecified atom stereocenters. The molecule has 2 rings (SSSR count). The molecule has 19 heavy (non-hydrogen) atoms. The normalized spacial score (nSPS) is 13.4. The van der Waals surface area contributed by atoms with Gasteiger partial charge in [0.25, 0.3) is 5.89 Å². The van der Waals surface area contributed by atoms with Crippen LogP contribution in [0.15, 0.2) is 22.7 Å². The fourth-order valence-electron chi connectivity index (χ4n) is 1.59. The standard InChI is InChI=1S/C12H15N3O3S/c1-7-9(5-4-6-10(7)13)12-14-11(15-18-12)8(2)19(3,16)17/h4-6,8H,13H2,1-3H3. The zero-order valence-corrected chi connectivity index (χ0v) is 11.7. The van der Waals surface area contributed by atoms with Gasteiger partial charge in [-0.15, -0.1) is 0 Å². The van der Waals surface area contributed by atoms with Gasteiger partial charge < -0.3 is 10.3 Å². The van der Waals surface area contributed by atoms with Crippen LogP contribution in [-0.2, 0) is 9.84 Å². The van der Waals surface area contributed by atoms with Gasteiger partial charge in [-0.3, -0.25) is 0 Å². The van der Waals surface area contributed by atoms with E-state index in [1.54, 1.807) is 18.2 Å². The zero-order chi connectivity index (χ0) is 14.2. The molecular weight excluding hydrogens is 266 g/mol. The monoisotopic (exact) mass is 281 g/mol. The average Bonchev–Trinajstić information content (AvgIpc) is 2.79. The van der Waals surface area contributed by atoms with Gasteiger partial charge in [0.2, 0.25) is 0 Å². The van der Waals surface area contributed by atoms with E-state index in [0.29, 0.717) is 11.3 Å². The van der Waals surface area contributed by atoms with Crippen LogP contribution >= 0.6 is 0 Å². The number of nitrogen functional groups attached to an aromatic ring is 1. The molecule has 102 valence electrons. The minimum absolute atomic E-state index is 0.152. The van der Waals surface area contributed by atoms with Crippen molar-refractivity contribution in [3.8, 4) is 11.5 Å². The van der Waals surface area contributed by atoms with E-state index in [2.05, 4.69) is 10.1 Å². The minimum atomic E-state index is -3.25. The van der Waals surface area contributed by atoms with Crippen LogP contribution in [0.25, 0.3) is 11.5 Å². The molecule has 1 aromatic carbocycles. The number of sulfone groups is 1. The molecule has 0 aliphatic rings. The third-order valence-corrected chi connectivity index (χ3v) is 4.55. The summed E-state index contributed by atoms with van der Waals surface area (Å²) >= 11 is 0. The van der Waals surface area contributed by atoms with E-state index in [-0.39, 0.29) is 11.7 Å². The number of anilines is 1. The maximum Gasteiger partial charge on any atom is 0.258 e. The summed E-state index contributed by atoms with van der Waals surface area (Å²) in [6, 6.07) is 5.35.